The second-order valence-electron chi connectivity index (χ2n) is 22.1. The second-order valence-corrected chi connectivity index (χ2v) is 22.1. The van der Waals surface area contributed by atoms with E-state index in [-0.39, 0.29) is 18.5 Å². The van der Waals surface area contributed by atoms with Gasteiger partial charge in [-0.1, -0.05) is 281 Å². The molecule has 0 fully saturated rings. The number of rotatable bonds is 60. The molecule has 0 spiro atoms. The summed E-state index contributed by atoms with van der Waals surface area (Å²) >= 11 is 0. The van der Waals surface area contributed by atoms with Crippen molar-refractivity contribution in [2.24, 2.45) is 0 Å². The molecule has 0 aliphatic heterocycles. The van der Waals surface area contributed by atoms with Crippen LogP contribution in [0.2, 0.25) is 0 Å². The smallest absolute Gasteiger partial charge is 0.305 e. The number of nitrogens with one attached hydrogen (secondary N) is 1. The van der Waals surface area contributed by atoms with Crippen LogP contribution < -0.4 is 5.32 Å². The molecule has 1 amide bonds. The van der Waals surface area contributed by atoms with Crippen LogP contribution in [0.3, 0.4) is 0 Å². The standard InChI is InChI=1S/C67H125NO5/c1-3-5-7-9-11-13-15-17-19-20-21-22-23-24-25-26-28-32-35-39-43-47-51-55-59-65(70)64(63-69)68-66(71)60-56-52-48-44-40-36-33-29-27-30-34-38-42-46-50-54-58-62-73-67(72)61-57-53-49-45-41-37-31-18-16-14-12-10-8-6-4-2/h18,27,30-31,38,42,55,59,64-65,69-70H,3-17,19-26,28-29,32-37,39-41,43-54,56-58,60-63H2,1-2H3,(H,68,71)/b30-27-,31-18-,42-38-,59-55+. The molecule has 0 aliphatic rings. The van der Waals surface area contributed by atoms with Crippen molar-refractivity contribution < 1.29 is 24.5 Å². The Hall–Kier alpha value is -2.18. The van der Waals surface area contributed by atoms with Crippen LogP contribution in [-0.2, 0) is 14.3 Å². The highest BCUT2D eigenvalue weighted by molar-refractivity contribution is 5.76. The molecule has 0 radical (unpaired) electrons. The van der Waals surface area contributed by atoms with Gasteiger partial charge in [-0.25, -0.2) is 0 Å². The van der Waals surface area contributed by atoms with Crippen molar-refractivity contribution in [1.82, 2.24) is 5.32 Å². The molecule has 0 aromatic carbocycles. The zero-order chi connectivity index (χ0) is 52.9. The average molecular weight is 1020 g/mol. The van der Waals surface area contributed by atoms with Gasteiger partial charge in [0, 0.05) is 12.8 Å². The molecule has 0 rings (SSSR count). The molecule has 428 valence electrons. The molecule has 73 heavy (non-hydrogen) atoms. The Labute approximate surface area is 455 Å². The highest BCUT2D eigenvalue weighted by Gasteiger charge is 2.18. The van der Waals surface area contributed by atoms with Gasteiger partial charge < -0.3 is 20.3 Å². The van der Waals surface area contributed by atoms with E-state index in [0.29, 0.717) is 19.4 Å². The van der Waals surface area contributed by atoms with Gasteiger partial charge in [0.2, 0.25) is 5.91 Å². The van der Waals surface area contributed by atoms with Gasteiger partial charge in [0.05, 0.1) is 25.4 Å². The summed E-state index contributed by atoms with van der Waals surface area (Å²) in [6.07, 6.45) is 80.1. The fraction of sp³-hybridized carbons (Fsp3) is 0.851. The van der Waals surface area contributed by atoms with Gasteiger partial charge in [0.25, 0.3) is 0 Å². The summed E-state index contributed by atoms with van der Waals surface area (Å²) in [5, 5.41) is 23.2. The highest BCUT2D eigenvalue weighted by Crippen LogP contribution is 2.17. The number of aliphatic hydroxyl groups is 2. The van der Waals surface area contributed by atoms with E-state index in [9.17, 15) is 19.8 Å². The Morgan fingerprint density at radius 3 is 1.05 bits per heavy atom. The maximum absolute atomic E-state index is 12.5. The summed E-state index contributed by atoms with van der Waals surface area (Å²) in [7, 11) is 0. The van der Waals surface area contributed by atoms with Crippen molar-refractivity contribution in [2.45, 2.75) is 353 Å². The van der Waals surface area contributed by atoms with Crippen molar-refractivity contribution in [3.63, 3.8) is 0 Å². The molecule has 0 heterocycles. The minimum Gasteiger partial charge on any atom is -0.466 e. The Morgan fingerprint density at radius 1 is 0.384 bits per heavy atom. The maximum atomic E-state index is 12.5. The Morgan fingerprint density at radius 2 is 0.685 bits per heavy atom. The molecular formula is C67H125NO5. The lowest BCUT2D eigenvalue weighted by atomic mass is 10.0. The summed E-state index contributed by atoms with van der Waals surface area (Å²) in [5.74, 6) is -0.106. The van der Waals surface area contributed by atoms with E-state index in [1.165, 1.54) is 231 Å². The highest BCUT2D eigenvalue weighted by atomic mass is 16.5. The first-order chi connectivity index (χ1) is 36.0. The van der Waals surface area contributed by atoms with Crippen LogP contribution >= 0.6 is 0 Å². The summed E-state index contributed by atoms with van der Waals surface area (Å²) in [5.41, 5.74) is 0. The van der Waals surface area contributed by atoms with Gasteiger partial charge >= 0.3 is 5.97 Å². The average Bonchev–Trinajstić information content (AvgIpc) is 3.39. The van der Waals surface area contributed by atoms with E-state index < -0.39 is 12.1 Å². The molecule has 2 atom stereocenters. The molecule has 2 unspecified atom stereocenters. The number of carbonyl (C=O) groups excluding carboxylic acids is 2. The molecule has 0 bridgehead atoms. The molecular weight excluding hydrogens is 899 g/mol. The number of hydrogen-bond donors (Lipinski definition) is 3. The molecule has 0 saturated carbocycles. The zero-order valence-electron chi connectivity index (χ0n) is 48.9. The van der Waals surface area contributed by atoms with Gasteiger partial charge in [0.15, 0.2) is 0 Å². The summed E-state index contributed by atoms with van der Waals surface area (Å²) in [4.78, 5) is 24.6. The van der Waals surface area contributed by atoms with Gasteiger partial charge in [-0.05, 0) is 96.3 Å². The number of unbranched alkanes of at least 4 members (excludes halogenated alkanes) is 43. The van der Waals surface area contributed by atoms with Crippen molar-refractivity contribution in [3.05, 3.63) is 48.6 Å². The fourth-order valence-corrected chi connectivity index (χ4v) is 9.84. The first-order valence-corrected chi connectivity index (χ1v) is 32.4. The second kappa shape index (κ2) is 62.4. The van der Waals surface area contributed by atoms with Gasteiger partial charge in [-0.15, -0.1) is 0 Å². The van der Waals surface area contributed by atoms with Crippen molar-refractivity contribution in [1.29, 1.82) is 0 Å². The van der Waals surface area contributed by atoms with Crippen LogP contribution in [-0.4, -0.2) is 47.4 Å². The molecule has 0 aromatic rings. The quantitative estimate of drug-likeness (QED) is 0.0320. The van der Waals surface area contributed by atoms with Crippen LogP contribution in [0.1, 0.15) is 341 Å². The first-order valence-electron chi connectivity index (χ1n) is 32.4. The summed E-state index contributed by atoms with van der Waals surface area (Å²) in [6, 6.07) is -0.643. The third kappa shape index (κ3) is 58.9. The number of ether oxygens (including phenoxy) is 1. The number of esters is 1. The molecule has 6 nitrogen and oxygen atoms in total. The van der Waals surface area contributed by atoms with Crippen molar-refractivity contribution in [3.8, 4) is 0 Å². The molecule has 0 aliphatic carbocycles. The first kappa shape index (κ1) is 70.8. The van der Waals surface area contributed by atoms with Crippen LogP contribution in [0.15, 0.2) is 48.6 Å². The summed E-state index contributed by atoms with van der Waals surface area (Å²) in [6.45, 7) is 4.87. The van der Waals surface area contributed by atoms with Crippen LogP contribution in [0, 0.1) is 0 Å². The van der Waals surface area contributed by atoms with Gasteiger partial charge in [-0.2, -0.15) is 0 Å². The maximum Gasteiger partial charge on any atom is 0.305 e. The predicted octanol–water partition coefficient (Wildman–Crippen LogP) is 20.5. The SMILES string of the molecule is CCCCCCCC/C=C\CCCCCCCC(=O)OCCCCC/C=C\C/C=C\CCCCCCCCCC(=O)NC(CO)C(O)/C=C/CCCCCCCCCCCCCCCCCCCCCCCC. The lowest BCUT2D eigenvalue weighted by molar-refractivity contribution is -0.143. The van der Waals surface area contributed by atoms with Crippen molar-refractivity contribution in [2.75, 3.05) is 13.2 Å². The minimum absolute atomic E-state index is 0.0242. The minimum atomic E-state index is -0.858. The molecule has 6 heteroatoms. The van der Waals surface area contributed by atoms with Gasteiger partial charge in [-0.3, -0.25) is 9.59 Å². The number of hydrogen-bond acceptors (Lipinski definition) is 5. The number of aliphatic hydroxyl groups excluding tert-OH is 2. The normalized spacial score (nSPS) is 12.9. The Bertz CT molecular complexity index is 1230. The molecule has 0 aromatic heterocycles. The largest absolute Gasteiger partial charge is 0.466 e. The topological polar surface area (TPSA) is 95.9 Å². The number of amides is 1. The van der Waals surface area contributed by atoms with E-state index in [4.69, 9.17) is 4.74 Å². The van der Waals surface area contributed by atoms with E-state index in [1.807, 2.05) is 6.08 Å². The van der Waals surface area contributed by atoms with E-state index in [0.717, 1.165) is 83.5 Å². The molecule has 0 saturated heterocycles. The number of allylic oxidation sites excluding steroid dienone is 7. The van der Waals surface area contributed by atoms with E-state index >= 15 is 0 Å². The zero-order valence-corrected chi connectivity index (χ0v) is 48.9. The third-order valence-electron chi connectivity index (χ3n) is 14.8. The van der Waals surface area contributed by atoms with E-state index in [1.54, 1.807) is 6.08 Å². The number of carbonyl (C=O) groups is 2. The third-order valence-corrected chi connectivity index (χ3v) is 14.8. The van der Waals surface area contributed by atoms with E-state index in [2.05, 4.69) is 55.6 Å². The summed E-state index contributed by atoms with van der Waals surface area (Å²) < 4.78 is 5.45. The Kier molecular flexibility index (Phi) is 60.5. The Balaban J connectivity index is 3.52. The monoisotopic (exact) mass is 1020 g/mol. The van der Waals surface area contributed by atoms with Crippen molar-refractivity contribution >= 4 is 11.9 Å². The predicted molar refractivity (Wildman–Crippen MR) is 319 cm³/mol. The van der Waals surface area contributed by atoms with Crippen LogP contribution in [0.25, 0.3) is 0 Å². The van der Waals surface area contributed by atoms with Crippen LogP contribution in [0.4, 0.5) is 0 Å². The molecule has 3 N–H and O–H groups in total. The van der Waals surface area contributed by atoms with Crippen LogP contribution in [0.5, 0.6) is 0 Å². The lowest BCUT2D eigenvalue weighted by Gasteiger charge is -2.20. The van der Waals surface area contributed by atoms with Gasteiger partial charge in [0.1, 0.15) is 0 Å². The lowest BCUT2D eigenvalue weighted by Crippen LogP contribution is -2.45. The fourth-order valence-electron chi connectivity index (χ4n) is 9.84.